The van der Waals surface area contributed by atoms with Gasteiger partial charge in [0.05, 0.1) is 20.3 Å². The zero-order chi connectivity index (χ0) is 12.1. The minimum absolute atomic E-state index is 0.444. The Kier molecular flexibility index (Phi) is 4.19. The molecule has 1 aromatic carbocycles. The third-order valence-electron chi connectivity index (χ3n) is 2.34. The van der Waals surface area contributed by atoms with E-state index in [1.54, 1.807) is 18.2 Å². The molecule has 0 saturated heterocycles. The Morgan fingerprint density at radius 3 is 2.44 bits per heavy atom. The highest BCUT2D eigenvalue weighted by atomic mass is 16.5. The number of anilines is 1. The van der Waals surface area contributed by atoms with E-state index in [4.69, 9.17) is 15.2 Å². The van der Waals surface area contributed by atoms with Crippen molar-refractivity contribution in [3.05, 3.63) is 30.4 Å². The van der Waals surface area contributed by atoms with Gasteiger partial charge in [0.2, 0.25) is 0 Å². The predicted molar refractivity (Wildman–Crippen MR) is 63.7 cm³/mol. The lowest BCUT2D eigenvalue weighted by Crippen LogP contribution is -2.03. The summed E-state index contributed by atoms with van der Waals surface area (Å²) in [6, 6.07) is 3.32. The summed E-state index contributed by atoms with van der Waals surface area (Å²) in [7, 11) is 3.08. The molecule has 1 unspecified atom stereocenters. The van der Waals surface area contributed by atoms with Crippen molar-refractivity contribution in [2.45, 2.75) is 12.5 Å². The van der Waals surface area contributed by atoms with Gasteiger partial charge in [-0.15, -0.1) is 6.58 Å². The smallest absolute Gasteiger partial charge is 0.162 e. The average molecular weight is 223 g/mol. The number of nitrogen functional groups attached to an aromatic ring is 1. The van der Waals surface area contributed by atoms with Gasteiger partial charge >= 0.3 is 0 Å². The average Bonchev–Trinajstić information content (AvgIpc) is 2.28. The van der Waals surface area contributed by atoms with E-state index in [0.717, 1.165) is 0 Å². The number of benzene rings is 1. The fraction of sp³-hybridized carbons (Fsp3) is 0.333. The Morgan fingerprint density at radius 1 is 1.38 bits per heavy atom. The quantitative estimate of drug-likeness (QED) is 0.591. The van der Waals surface area contributed by atoms with Crippen molar-refractivity contribution >= 4 is 5.69 Å². The van der Waals surface area contributed by atoms with Crippen LogP contribution in [0, 0.1) is 0 Å². The first-order valence-electron chi connectivity index (χ1n) is 4.94. The summed E-state index contributed by atoms with van der Waals surface area (Å²) in [4.78, 5) is 0. The fourth-order valence-electron chi connectivity index (χ4n) is 1.48. The zero-order valence-corrected chi connectivity index (χ0v) is 9.56. The number of aliphatic hydroxyl groups excluding tert-OH is 1. The third-order valence-corrected chi connectivity index (χ3v) is 2.34. The molecule has 1 rings (SSSR count). The molecule has 4 heteroatoms. The van der Waals surface area contributed by atoms with Crippen LogP contribution < -0.4 is 15.2 Å². The highest BCUT2D eigenvalue weighted by Gasteiger charge is 2.14. The lowest BCUT2D eigenvalue weighted by molar-refractivity contribution is 0.182. The molecule has 3 N–H and O–H groups in total. The van der Waals surface area contributed by atoms with E-state index in [9.17, 15) is 5.11 Å². The first-order chi connectivity index (χ1) is 7.63. The molecule has 16 heavy (non-hydrogen) atoms. The predicted octanol–water partition coefficient (Wildman–Crippen LogP) is 1.90. The van der Waals surface area contributed by atoms with E-state index in [1.165, 1.54) is 14.2 Å². The molecule has 0 aliphatic rings. The van der Waals surface area contributed by atoms with Gasteiger partial charge in [-0.05, 0) is 12.5 Å². The monoisotopic (exact) mass is 223 g/mol. The highest BCUT2D eigenvalue weighted by molar-refractivity contribution is 5.58. The maximum absolute atomic E-state index is 9.84. The van der Waals surface area contributed by atoms with E-state index in [-0.39, 0.29) is 0 Å². The Labute approximate surface area is 95.3 Å². The SMILES string of the molecule is C=CCC(O)c1cc(OC)c(OC)cc1N. The maximum atomic E-state index is 9.84. The van der Waals surface area contributed by atoms with Crippen molar-refractivity contribution in [2.75, 3.05) is 20.0 Å². The number of hydrogen-bond donors (Lipinski definition) is 2. The summed E-state index contributed by atoms with van der Waals surface area (Å²) in [5.74, 6) is 1.10. The second-order valence-electron chi connectivity index (χ2n) is 3.38. The van der Waals surface area contributed by atoms with Gasteiger partial charge < -0.3 is 20.3 Å². The zero-order valence-electron chi connectivity index (χ0n) is 9.56. The number of methoxy groups -OCH3 is 2. The maximum Gasteiger partial charge on any atom is 0.162 e. The van der Waals surface area contributed by atoms with E-state index < -0.39 is 6.10 Å². The normalized spacial score (nSPS) is 11.9. The van der Waals surface area contributed by atoms with Crippen molar-refractivity contribution in [1.29, 1.82) is 0 Å². The molecule has 0 amide bonds. The number of ether oxygens (including phenoxy) is 2. The lowest BCUT2D eigenvalue weighted by atomic mass is 10.0. The van der Waals surface area contributed by atoms with Crippen molar-refractivity contribution in [3.63, 3.8) is 0 Å². The van der Waals surface area contributed by atoms with Crippen molar-refractivity contribution in [1.82, 2.24) is 0 Å². The standard InChI is InChI=1S/C12H17NO3/c1-4-5-10(14)8-6-11(15-2)12(16-3)7-9(8)13/h4,6-7,10,14H,1,5,13H2,2-3H3. The number of nitrogens with two attached hydrogens (primary N) is 1. The number of aliphatic hydroxyl groups is 1. The second-order valence-corrected chi connectivity index (χ2v) is 3.38. The fourth-order valence-corrected chi connectivity index (χ4v) is 1.48. The molecule has 0 spiro atoms. The largest absolute Gasteiger partial charge is 0.493 e. The first-order valence-corrected chi connectivity index (χ1v) is 4.94. The van der Waals surface area contributed by atoms with Crippen molar-refractivity contribution < 1.29 is 14.6 Å². The molecule has 88 valence electrons. The summed E-state index contributed by atoms with van der Waals surface area (Å²) in [5.41, 5.74) is 6.92. The molecule has 0 heterocycles. The Balaban J connectivity index is 3.15. The molecular weight excluding hydrogens is 206 g/mol. The van der Waals surface area contributed by atoms with Crippen molar-refractivity contribution in [3.8, 4) is 11.5 Å². The number of hydrogen-bond acceptors (Lipinski definition) is 4. The van der Waals surface area contributed by atoms with Crippen LogP contribution in [0.5, 0.6) is 11.5 Å². The first kappa shape index (κ1) is 12.4. The highest BCUT2D eigenvalue weighted by Crippen LogP contribution is 2.35. The Bertz CT molecular complexity index is 377. The summed E-state index contributed by atoms with van der Waals surface area (Å²) >= 11 is 0. The van der Waals surface area contributed by atoms with Gasteiger partial charge in [-0.2, -0.15) is 0 Å². The van der Waals surface area contributed by atoms with Crippen LogP contribution in [0.3, 0.4) is 0 Å². The molecule has 0 bridgehead atoms. The summed E-state index contributed by atoms with van der Waals surface area (Å²) in [6.45, 7) is 3.58. The lowest BCUT2D eigenvalue weighted by Gasteiger charge is -2.15. The summed E-state index contributed by atoms with van der Waals surface area (Å²) in [6.07, 6.45) is 1.41. The van der Waals surface area contributed by atoms with Gasteiger partial charge in [0.25, 0.3) is 0 Å². The molecule has 0 fully saturated rings. The molecule has 0 aliphatic heterocycles. The molecule has 4 nitrogen and oxygen atoms in total. The van der Waals surface area contributed by atoms with Crippen LogP contribution in [0.1, 0.15) is 18.1 Å². The third kappa shape index (κ3) is 2.46. The van der Waals surface area contributed by atoms with E-state index in [1.807, 2.05) is 0 Å². The Hall–Kier alpha value is -1.68. The van der Waals surface area contributed by atoms with E-state index >= 15 is 0 Å². The van der Waals surface area contributed by atoms with Gasteiger partial charge in [-0.3, -0.25) is 0 Å². The van der Waals surface area contributed by atoms with Crippen LogP contribution in [0.15, 0.2) is 24.8 Å². The van der Waals surface area contributed by atoms with E-state index in [2.05, 4.69) is 6.58 Å². The van der Waals surface area contributed by atoms with Gasteiger partial charge in [0.1, 0.15) is 0 Å². The molecule has 0 radical (unpaired) electrons. The number of rotatable bonds is 5. The van der Waals surface area contributed by atoms with Crippen LogP contribution in [0.2, 0.25) is 0 Å². The Morgan fingerprint density at radius 2 is 1.94 bits per heavy atom. The van der Waals surface area contributed by atoms with Crippen LogP contribution in [-0.2, 0) is 0 Å². The molecule has 0 aromatic heterocycles. The summed E-state index contributed by atoms with van der Waals surface area (Å²) in [5, 5.41) is 9.84. The van der Waals surface area contributed by atoms with Crippen LogP contribution in [0.25, 0.3) is 0 Å². The molecule has 0 saturated carbocycles. The van der Waals surface area contributed by atoms with Crippen LogP contribution in [-0.4, -0.2) is 19.3 Å². The molecule has 1 atom stereocenters. The minimum atomic E-state index is -0.669. The minimum Gasteiger partial charge on any atom is -0.493 e. The topological polar surface area (TPSA) is 64.7 Å². The molecular formula is C12H17NO3. The second kappa shape index (κ2) is 5.42. The summed E-state index contributed by atoms with van der Waals surface area (Å²) < 4.78 is 10.2. The van der Waals surface area contributed by atoms with Crippen molar-refractivity contribution in [2.24, 2.45) is 0 Å². The van der Waals surface area contributed by atoms with Gasteiger partial charge in [-0.1, -0.05) is 6.08 Å². The molecule has 0 aliphatic carbocycles. The van der Waals surface area contributed by atoms with Gasteiger partial charge in [0, 0.05) is 17.3 Å². The van der Waals surface area contributed by atoms with Crippen LogP contribution >= 0.6 is 0 Å². The van der Waals surface area contributed by atoms with Gasteiger partial charge in [-0.25, -0.2) is 0 Å². The van der Waals surface area contributed by atoms with E-state index in [0.29, 0.717) is 29.2 Å². The molecule has 1 aromatic rings. The van der Waals surface area contributed by atoms with Crippen LogP contribution in [0.4, 0.5) is 5.69 Å². The van der Waals surface area contributed by atoms with Gasteiger partial charge in [0.15, 0.2) is 11.5 Å².